The molecule has 12 heteroatoms. The Hall–Kier alpha value is -3.22. The SMILES string of the molecule is CC.CC.CC1CCC2CCN(C3COC3)CC(NC(=O)CN(C)C=O)C(=O)N12.COC(C)(C)C.NC=O.c1ccc2c(c1)CCCO2. The minimum Gasteiger partial charge on any atom is -0.493 e. The quantitative estimate of drug-likeness (QED) is 0.449. The molecule has 3 unspecified atom stereocenters. The average Bonchev–Trinajstić information content (AvgIpc) is 3.43. The first-order chi connectivity index (χ1) is 22.9. The van der Waals surface area contributed by atoms with E-state index < -0.39 is 6.04 Å². The average molecular weight is 680 g/mol. The molecule has 0 aliphatic carbocycles. The second-order valence-electron chi connectivity index (χ2n) is 12.5. The minimum absolute atomic E-state index is 0.00190. The van der Waals surface area contributed by atoms with Crippen molar-refractivity contribution < 1.29 is 33.4 Å². The van der Waals surface area contributed by atoms with E-state index in [9.17, 15) is 14.4 Å². The Morgan fingerprint density at radius 2 is 1.69 bits per heavy atom. The lowest BCUT2D eigenvalue weighted by atomic mass is 10.0. The van der Waals surface area contributed by atoms with Crippen LogP contribution in [0.25, 0.3) is 0 Å². The van der Waals surface area contributed by atoms with Crippen molar-refractivity contribution in [2.24, 2.45) is 5.73 Å². The lowest BCUT2D eigenvalue weighted by Crippen LogP contribution is -2.62. The molecule has 0 bridgehead atoms. The van der Waals surface area contributed by atoms with Gasteiger partial charge in [-0.25, -0.2) is 0 Å². The highest BCUT2D eigenvalue weighted by Gasteiger charge is 2.42. The van der Waals surface area contributed by atoms with E-state index in [1.165, 1.54) is 16.9 Å². The minimum atomic E-state index is -0.573. The Labute approximate surface area is 290 Å². The lowest BCUT2D eigenvalue weighted by Gasteiger charge is -2.43. The fourth-order valence-corrected chi connectivity index (χ4v) is 5.32. The molecular weight excluding hydrogens is 614 g/mol. The molecule has 0 aromatic heterocycles. The highest BCUT2D eigenvalue weighted by atomic mass is 16.5. The van der Waals surface area contributed by atoms with Crippen LogP contribution >= 0.6 is 0 Å². The van der Waals surface area contributed by atoms with Crippen molar-refractivity contribution in [1.29, 1.82) is 0 Å². The van der Waals surface area contributed by atoms with Crippen LogP contribution in [-0.4, -0.2) is 123 Å². The largest absolute Gasteiger partial charge is 0.493 e. The molecule has 4 aliphatic heterocycles. The van der Waals surface area contributed by atoms with Crippen molar-refractivity contribution in [2.45, 2.75) is 117 Å². The van der Waals surface area contributed by atoms with Crippen LogP contribution in [-0.2, 0) is 35.1 Å². The molecule has 0 spiro atoms. The zero-order valence-electron chi connectivity index (χ0n) is 31.3. The van der Waals surface area contributed by atoms with Crippen LogP contribution in [0.3, 0.4) is 0 Å². The van der Waals surface area contributed by atoms with Gasteiger partial charge in [-0.15, -0.1) is 0 Å². The van der Waals surface area contributed by atoms with Gasteiger partial charge in [-0.3, -0.25) is 24.1 Å². The molecule has 3 fully saturated rings. The van der Waals surface area contributed by atoms with Crippen LogP contribution in [0.15, 0.2) is 24.3 Å². The molecule has 1 aromatic rings. The first kappa shape index (κ1) is 44.8. The highest BCUT2D eigenvalue weighted by Crippen LogP contribution is 2.29. The van der Waals surface area contributed by atoms with Gasteiger partial charge in [0.15, 0.2) is 0 Å². The molecule has 4 amide bonds. The Bertz CT molecular complexity index is 1020. The summed E-state index contributed by atoms with van der Waals surface area (Å²) < 4.78 is 15.7. The van der Waals surface area contributed by atoms with Gasteiger partial charge in [0, 0.05) is 39.3 Å². The molecule has 3 N–H and O–H groups in total. The monoisotopic (exact) mass is 679 g/mol. The summed E-state index contributed by atoms with van der Waals surface area (Å²) in [5.41, 5.74) is 5.56. The molecule has 276 valence electrons. The van der Waals surface area contributed by atoms with E-state index in [1.807, 2.05) is 65.5 Å². The molecule has 0 radical (unpaired) electrons. The molecular formula is C36H65N5O7. The topological polar surface area (TPSA) is 144 Å². The van der Waals surface area contributed by atoms with Gasteiger partial charge in [-0.1, -0.05) is 45.9 Å². The van der Waals surface area contributed by atoms with Gasteiger partial charge in [0.1, 0.15) is 11.8 Å². The zero-order valence-corrected chi connectivity index (χ0v) is 31.3. The van der Waals surface area contributed by atoms with E-state index >= 15 is 0 Å². The summed E-state index contributed by atoms with van der Waals surface area (Å²) in [5, 5.41) is 2.85. The predicted octanol–water partition coefficient (Wildman–Crippen LogP) is 3.64. The fraction of sp³-hybridized carbons (Fsp3) is 0.722. The number of methoxy groups -OCH3 is 1. The van der Waals surface area contributed by atoms with E-state index in [1.54, 1.807) is 14.2 Å². The van der Waals surface area contributed by atoms with Crippen molar-refractivity contribution in [2.75, 3.05) is 53.6 Å². The number of carbonyl (C=O) groups is 4. The maximum atomic E-state index is 13.1. The maximum absolute atomic E-state index is 13.1. The molecule has 3 atom stereocenters. The summed E-state index contributed by atoms with van der Waals surface area (Å²) in [6.07, 6.45) is 6.21. The van der Waals surface area contributed by atoms with E-state index in [0.29, 0.717) is 32.2 Å². The predicted molar refractivity (Wildman–Crippen MR) is 191 cm³/mol. The Balaban J connectivity index is 0.000000785. The third kappa shape index (κ3) is 16.3. The number of para-hydroxylation sites is 1. The van der Waals surface area contributed by atoms with Gasteiger partial charge < -0.3 is 35.1 Å². The van der Waals surface area contributed by atoms with Gasteiger partial charge >= 0.3 is 0 Å². The van der Waals surface area contributed by atoms with Crippen LogP contribution in [0.4, 0.5) is 0 Å². The second-order valence-corrected chi connectivity index (χ2v) is 12.5. The van der Waals surface area contributed by atoms with Crippen LogP contribution in [0.1, 0.15) is 86.6 Å². The number of ether oxygens (including phenoxy) is 3. The van der Waals surface area contributed by atoms with Gasteiger partial charge in [-0.2, -0.15) is 0 Å². The van der Waals surface area contributed by atoms with E-state index in [0.717, 1.165) is 44.6 Å². The van der Waals surface area contributed by atoms with E-state index in [2.05, 4.69) is 35.0 Å². The lowest BCUT2D eigenvalue weighted by molar-refractivity contribution is -0.143. The molecule has 3 saturated heterocycles. The number of hydrogen-bond donors (Lipinski definition) is 2. The number of nitrogens with one attached hydrogen (secondary N) is 1. The number of benzene rings is 1. The number of aryl methyl sites for hydroxylation is 1. The molecule has 4 heterocycles. The van der Waals surface area contributed by atoms with Crippen LogP contribution in [0.5, 0.6) is 5.75 Å². The first-order valence-electron chi connectivity index (χ1n) is 17.4. The standard InChI is InChI=1S/C17H28N4O4.C9H10O.C5H12O.2C2H6.CH3NO/c1-12-3-4-13-5-6-20(14-9-25-10-14)7-15(17(24)21(12)13)18-16(23)8-19(2)11-22;1-2-6-9-8(4-1)5-3-7-10-9;1-5(2,3)6-4;2*1-2;2-1-3/h11-15H,3-10H2,1-2H3,(H,18,23);1-2,4,6H,3,5,7H2;1-4H3;2*1-2H3;1H,(H2,2,3). The van der Waals surface area contributed by atoms with Crippen LogP contribution < -0.4 is 15.8 Å². The molecule has 1 aromatic carbocycles. The number of hydrogen-bond acceptors (Lipinski definition) is 8. The van der Waals surface area contributed by atoms with Crippen molar-refractivity contribution in [1.82, 2.24) is 20.0 Å². The van der Waals surface area contributed by atoms with E-state index in [4.69, 9.17) is 19.0 Å². The Morgan fingerprint density at radius 3 is 2.21 bits per heavy atom. The first-order valence-corrected chi connectivity index (χ1v) is 17.4. The van der Waals surface area contributed by atoms with Gasteiger partial charge in [0.2, 0.25) is 24.6 Å². The molecule has 12 nitrogen and oxygen atoms in total. The third-order valence-electron chi connectivity index (χ3n) is 7.98. The number of likely N-dealkylation sites (N-methyl/N-ethyl adjacent to an activating group) is 1. The van der Waals surface area contributed by atoms with Crippen LogP contribution in [0.2, 0.25) is 0 Å². The normalized spacial score (nSPS) is 21.3. The summed E-state index contributed by atoms with van der Waals surface area (Å²) in [7, 11) is 3.25. The number of primary amides is 1. The van der Waals surface area contributed by atoms with Crippen molar-refractivity contribution >= 4 is 24.6 Å². The number of nitrogens with zero attached hydrogens (tertiary/aromatic N) is 3. The summed E-state index contributed by atoms with van der Waals surface area (Å²) >= 11 is 0. The summed E-state index contributed by atoms with van der Waals surface area (Å²) in [5.74, 6) is 0.775. The highest BCUT2D eigenvalue weighted by molar-refractivity contribution is 5.89. The molecule has 0 saturated carbocycles. The summed E-state index contributed by atoms with van der Waals surface area (Å²) in [4.78, 5) is 50.2. The van der Waals surface area contributed by atoms with Crippen molar-refractivity contribution in [3.8, 4) is 5.75 Å². The summed E-state index contributed by atoms with van der Waals surface area (Å²) in [6.45, 7) is 19.8. The second kappa shape index (κ2) is 24.9. The Morgan fingerprint density at radius 1 is 1.08 bits per heavy atom. The van der Waals surface area contributed by atoms with E-state index in [-0.39, 0.29) is 42.5 Å². The van der Waals surface area contributed by atoms with Gasteiger partial charge in [-0.05, 0) is 71.4 Å². The third-order valence-corrected chi connectivity index (χ3v) is 7.98. The number of carbonyl (C=O) groups excluding carboxylic acids is 4. The fourth-order valence-electron chi connectivity index (χ4n) is 5.32. The molecule has 5 rings (SSSR count). The summed E-state index contributed by atoms with van der Waals surface area (Å²) in [6, 6.07) is 8.48. The number of nitrogens with two attached hydrogens (primary N) is 1. The number of rotatable bonds is 5. The smallest absolute Gasteiger partial charge is 0.246 e. The Kier molecular flexibility index (Phi) is 23.2. The van der Waals surface area contributed by atoms with Gasteiger partial charge in [0.05, 0.1) is 38.0 Å². The van der Waals surface area contributed by atoms with Crippen LogP contribution in [0, 0.1) is 0 Å². The van der Waals surface area contributed by atoms with Gasteiger partial charge in [0.25, 0.3) is 0 Å². The van der Waals surface area contributed by atoms with Crippen molar-refractivity contribution in [3.63, 3.8) is 0 Å². The zero-order chi connectivity index (χ0) is 36.7. The molecule has 4 aliphatic rings. The van der Waals surface area contributed by atoms with Crippen molar-refractivity contribution in [3.05, 3.63) is 29.8 Å². The maximum Gasteiger partial charge on any atom is 0.246 e. The number of amides is 4. The number of fused-ring (bicyclic) bond motifs is 2. The molecule has 48 heavy (non-hydrogen) atoms.